The van der Waals surface area contributed by atoms with Crippen molar-refractivity contribution in [3.8, 4) is 0 Å². The van der Waals surface area contributed by atoms with Crippen LogP contribution in [0.5, 0.6) is 0 Å². The second-order valence-corrected chi connectivity index (χ2v) is 5.66. The molecule has 2 rings (SSSR count). The van der Waals surface area contributed by atoms with E-state index >= 15 is 0 Å². The Morgan fingerprint density at radius 2 is 2.19 bits per heavy atom. The number of benzene rings is 1. The number of fused-ring (bicyclic) bond motifs is 1. The average molecular weight is 330 g/mol. The Labute approximate surface area is 109 Å². The van der Waals surface area contributed by atoms with Gasteiger partial charge in [-0.25, -0.2) is 0 Å². The summed E-state index contributed by atoms with van der Waals surface area (Å²) in [5.74, 6) is 0.100. The molecule has 1 unspecified atom stereocenters. The van der Waals surface area contributed by atoms with E-state index in [1.165, 1.54) is 0 Å². The van der Waals surface area contributed by atoms with Crippen LogP contribution in [0.3, 0.4) is 0 Å². The predicted molar refractivity (Wildman–Crippen MR) is 74.7 cm³/mol. The van der Waals surface area contributed by atoms with Crippen molar-refractivity contribution in [1.82, 2.24) is 0 Å². The van der Waals surface area contributed by atoms with E-state index in [2.05, 4.69) is 33.2 Å². The van der Waals surface area contributed by atoms with Crippen molar-refractivity contribution in [3.63, 3.8) is 0 Å². The normalized spacial score (nSPS) is 24.1. The van der Waals surface area contributed by atoms with E-state index in [4.69, 9.17) is 0 Å². The minimum Gasteiger partial charge on any atom is -0.382 e. The lowest BCUT2D eigenvalue weighted by Gasteiger charge is -2.23. The molecule has 0 radical (unpaired) electrons. The number of carbonyl (C=O) groups is 1. The molecule has 0 bridgehead atoms. The summed E-state index contributed by atoms with van der Waals surface area (Å²) < 4.78 is 1.12. The van der Waals surface area contributed by atoms with E-state index in [-0.39, 0.29) is 11.3 Å². The Bertz CT molecular complexity index is 433. The molecule has 0 saturated carbocycles. The van der Waals surface area contributed by atoms with Crippen LogP contribution in [0.25, 0.3) is 0 Å². The van der Waals surface area contributed by atoms with E-state index in [0.29, 0.717) is 6.54 Å². The van der Waals surface area contributed by atoms with Gasteiger partial charge in [0.1, 0.15) is 0 Å². The highest BCUT2D eigenvalue weighted by Gasteiger charge is 2.33. The third-order valence-corrected chi connectivity index (χ3v) is 3.90. The highest BCUT2D eigenvalue weighted by molar-refractivity contribution is 14.1. The summed E-state index contributed by atoms with van der Waals surface area (Å²) >= 11 is 2.24. The Kier molecular flexibility index (Phi) is 3.10. The lowest BCUT2D eigenvalue weighted by Crippen LogP contribution is -2.36. The molecule has 1 aliphatic rings. The minimum absolute atomic E-state index is 0.100. The molecule has 1 aliphatic heterocycles. The molecule has 1 amide bonds. The van der Waals surface area contributed by atoms with E-state index in [1.807, 2.05) is 32.0 Å². The first kappa shape index (κ1) is 11.7. The van der Waals surface area contributed by atoms with Gasteiger partial charge in [-0.2, -0.15) is 0 Å². The van der Waals surface area contributed by atoms with Crippen molar-refractivity contribution in [2.75, 3.05) is 17.2 Å². The monoisotopic (exact) mass is 330 g/mol. The summed E-state index contributed by atoms with van der Waals surface area (Å²) in [7, 11) is 0. The maximum Gasteiger partial charge on any atom is 0.232 e. The van der Waals surface area contributed by atoms with Crippen molar-refractivity contribution < 1.29 is 4.79 Å². The lowest BCUT2D eigenvalue weighted by atomic mass is 9.86. The van der Waals surface area contributed by atoms with E-state index < -0.39 is 0 Å². The first-order valence-corrected chi connectivity index (χ1v) is 6.48. The molecule has 3 nitrogen and oxygen atoms in total. The predicted octanol–water partition coefficient (Wildman–Crippen LogP) is 3.07. The van der Waals surface area contributed by atoms with Crippen molar-refractivity contribution in [3.05, 3.63) is 21.8 Å². The fourth-order valence-electron chi connectivity index (χ4n) is 1.70. The summed E-state index contributed by atoms with van der Waals surface area (Å²) in [5, 5.41) is 6.34. The number of halogens is 1. The van der Waals surface area contributed by atoms with Crippen LogP contribution in [-0.4, -0.2) is 12.5 Å². The van der Waals surface area contributed by atoms with Gasteiger partial charge in [0.2, 0.25) is 5.91 Å². The zero-order chi connectivity index (χ0) is 11.8. The fraction of sp³-hybridized carbons (Fsp3) is 0.417. The zero-order valence-electron chi connectivity index (χ0n) is 9.43. The van der Waals surface area contributed by atoms with Crippen molar-refractivity contribution in [2.45, 2.75) is 20.3 Å². The fourth-order valence-corrected chi connectivity index (χ4v) is 2.19. The van der Waals surface area contributed by atoms with Crippen molar-refractivity contribution in [1.29, 1.82) is 0 Å². The summed E-state index contributed by atoms with van der Waals surface area (Å²) in [6.45, 7) is 4.72. The van der Waals surface area contributed by atoms with Crippen LogP contribution in [-0.2, 0) is 4.79 Å². The SMILES string of the molecule is CCC1(C)CNc2ccc(I)cc2NC1=O. The maximum atomic E-state index is 12.1. The first-order chi connectivity index (χ1) is 7.55. The highest BCUT2D eigenvalue weighted by atomic mass is 127. The molecule has 1 aromatic rings. The quantitative estimate of drug-likeness (QED) is 0.777. The largest absolute Gasteiger partial charge is 0.382 e. The highest BCUT2D eigenvalue weighted by Crippen LogP contribution is 2.32. The molecule has 0 aromatic heterocycles. The second kappa shape index (κ2) is 4.24. The minimum atomic E-state index is -0.329. The Hall–Kier alpha value is -0.780. The number of nitrogens with one attached hydrogen (secondary N) is 2. The Balaban J connectivity index is 2.37. The van der Waals surface area contributed by atoms with Crippen LogP contribution >= 0.6 is 22.6 Å². The van der Waals surface area contributed by atoms with Crippen molar-refractivity contribution >= 4 is 39.9 Å². The summed E-state index contributed by atoms with van der Waals surface area (Å²) in [6, 6.07) is 6.04. The summed E-state index contributed by atoms with van der Waals surface area (Å²) in [6.07, 6.45) is 0.830. The van der Waals surface area contributed by atoms with Crippen LogP contribution in [0.1, 0.15) is 20.3 Å². The molecule has 1 atom stereocenters. The first-order valence-electron chi connectivity index (χ1n) is 5.40. The van der Waals surface area contributed by atoms with Gasteiger partial charge in [0.05, 0.1) is 16.8 Å². The van der Waals surface area contributed by atoms with Gasteiger partial charge in [-0.05, 0) is 54.1 Å². The number of anilines is 2. The van der Waals surface area contributed by atoms with E-state index in [9.17, 15) is 4.79 Å². The van der Waals surface area contributed by atoms with Gasteiger partial charge in [0.15, 0.2) is 0 Å². The molecule has 1 heterocycles. The molecule has 0 saturated heterocycles. The molecule has 0 spiro atoms. The Morgan fingerprint density at radius 3 is 2.88 bits per heavy atom. The van der Waals surface area contributed by atoms with Gasteiger partial charge in [-0.15, -0.1) is 0 Å². The molecule has 4 heteroatoms. The lowest BCUT2D eigenvalue weighted by molar-refractivity contribution is -0.124. The van der Waals surface area contributed by atoms with Crippen LogP contribution in [0.15, 0.2) is 18.2 Å². The third kappa shape index (κ3) is 2.03. The van der Waals surface area contributed by atoms with Gasteiger partial charge in [-0.3, -0.25) is 4.79 Å². The molecule has 0 fully saturated rings. The van der Waals surface area contributed by atoms with Gasteiger partial charge in [0, 0.05) is 10.1 Å². The topological polar surface area (TPSA) is 41.1 Å². The molecule has 16 heavy (non-hydrogen) atoms. The van der Waals surface area contributed by atoms with Crippen molar-refractivity contribution in [2.24, 2.45) is 5.41 Å². The number of hydrogen-bond donors (Lipinski definition) is 2. The van der Waals surface area contributed by atoms with E-state index in [0.717, 1.165) is 21.4 Å². The van der Waals surface area contributed by atoms with Crippen LogP contribution in [0, 0.1) is 8.99 Å². The third-order valence-electron chi connectivity index (χ3n) is 3.23. The number of carbonyl (C=O) groups excluding carboxylic acids is 1. The molecule has 2 N–H and O–H groups in total. The van der Waals surface area contributed by atoms with Crippen LogP contribution < -0.4 is 10.6 Å². The van der Waals surface area contributed by atoms with Gasteiger partial charge >= 0.3 is 0 Å². The number of rotatable bonds is 1. The molecule has 1 aromatic carbocycles. The molecular formula is C12H15IN2O. The zero-order valence-corrected chi connectivity index (χ0v) is 11.6. The van der Waals surface area contributed by atoms with Crippen LogP contribution in [0.4, 0.5) is 11.4 Å². The summed E-state index contributed by atoms with van der Waals surface area (Å²) in [4.78, 5) is 12.1. The molecule has 86 valence electrons. The average Bonchev–Trinajstić information content (AvgIpc) is 2.38. The van der Waals surface area contributed by atoms with Gasteiger partial charge in [0.25, 0.3) is 0 Å². The van der Waals surface area contributed by atoms with Crippen LogP contribution in [0.2, 0.25) is 0 Å². The molecular weight excluding hydrogens is 315 g/mol. The summed E-state index contributed by atoms with van der Waals surface area (Å²) in [5.41, 5.74) is 1.56. The van der Waals surface area contributed by atoms with E-state index in [1.54, 1.807) is 0 Å². The number of hydrogen-bond acceptors (Lipinski definition) is 2. The van der Waals surface area contributed by atoms with Gasteiger partial charge < -0.3 is 10.6 Å². The smallest absolute Gasteiger partial charge is 0.232 e. The maximum absolute atomic E-state index is 12.1. The Morgan fingerprint density at radius 1 is 1.44 bits per heavy atom. The molecule has 0 aliphatic carbocycles. The second-order valence-electron chi connectivity index (χ2n) is 4.41. The standard InChI is InChI=1S/C12H15IN2O/c1-3-12(2)7-14-9-5-4-8(13)6-10(9)15-11(12)16/h4-6,14H,3,7H2,1-2H3,(H,15,16). The van der Waals surface area contributed by atoms with Gasteiger partial charge in [-0.1, -0.05) is 6.92 Å². The number of amides is 1.